The van der Waals surface area contributed by atoms with Crippen LogP contribution in [0.2, 0.25) is 0 Å². The number of aliphatic hydroxyl groups excluding tert-OH is 1. The van der Waals surface area contributed by atoms with Gasteiger partial charge in [0.2, 0.25) is 0 Å². The van der Waals surface area contributed by atoms with E-state index in [9.17, 15) is 13.9 Å². The molecule has 5 nitrogen and oxygen atoms in total. The molecule has 1 N–H and O–H groups in total. The second-order valence-corrected chi connectivity index (χ2v) is 5.17. The molecule has 0 aliphatic rings. The van der Waals surface area contributed by atoms with Crippen LogP contribution in [0.15, 0.2) is 40.9 Å². The van der Waals surface area contributed by atoms with E-state index < -0.39 is 18.2 Å². The molecule has 1 aromatic heterocycles. The van der Waals surface area contributed by atoms with Crippen LogP contribution in [0.3, 0.4) is 0 Å². The molecule has 0 aliphatic heterocycles. The van der Waals surface area contributed by atoms with Gasteiger partial charge in [0.25, 0.3) is 0 Å². The van der Waals surface area contributed by atoms with E-state index in [2.05, 4.69) is 5.16 Å². The Labute approximate surface area is 142 Å². The third kappa shape index (κ3) is 2.94. The van der Waals surface area contributed by atoms with E-state index in [0.717, 1.165) is 6.07 Å². The Bertz CT molecular complexity index is 908. The molecule has 25 heavy (non-hydrogen) atoms. The second kappa shape index (κ2) is 6.90. The van der Waals surface area contributed by atoms with Gasteiger partial charge in [0.1, 0.15) is 5.69 Å². The molecule has 130 valence electrons. The van der Waals surface area contributed by atoms with E-state index in [1.165, 1.54) is 26.4 Å². The van der Waals surface area contributed by atoms with Crippen LogP contribution < -0.4 is 9.47 Å². The number of nitrogens with zero attached hydrogens (tertiary/aromatic N) is 1. The predicted octanol–water partition coefficient (Wildman–Crippen LogP) is 3.80. The molecular formula is C18H15F2NO4. The Morgan fingerprint density at radius 3 is 2.52 bits per heavy atom. The number of aliphatic hydroxyl groups is 1. The maximum atomic E-state index is 14.1. The van der Waals surface area contributed by atoms with E-state index in [0.29, 0.717) is 22.8 Å². The van der Waals surface area contributed by atoms with Gasteiger partial charge in [-0.3, -0.25) is 0 Å². The van der Waals surface area contributed by atoms with Gasteiger partial charge in [0.05, 0.1) is 32.0 Å². The van der Waals surface area contributed by atoms with Gasteiger partial charge in [-0.2, -0.15) is 0 Å². The smallest absolute Gasteiger partial charge is 0.176 e. The minimum absolute atomic E-state index is 0.0238. The van der Waals surface area contributed by atoms with Crippen molar-refractivity contribution in [3.05, 3.63) is 53.6 Å². The van der Waals surface area contributed by atoms with Gasteiger partial charge >= 0.3 is 0 Å². The zero-order valence-electron chi connectivity index (χ0n) is 13.5. The first kappa shape index (κ1) is 16.9. The number of benzene rings is 2. The Morgan fingerprint density at radius 1 is 1.08 bits per heavy atom. The molecule has 0 saturated heterocycles. The van der Waals surface area contributed by atoms with Crippen molar-refractivity contribution in [3.63, 3.8) is 0 Å². The number of hydrogen-bond donors (Lipinski definition) is 1. The fourth-order valence-corrected chi connectivity index (χ4v) is 2.56. The van der Waals surface area contributed by atoms with Gasteiger partial charge in [0.15, 0.2) is 28.9 Å². The summed E-state index contributed by atoms with van der Waals surface area (Å²) in [6.45, 7) is -0.460. The van der Waals surface area contributed by atoms with Crippen LogP contribution in [0.25, 0.3) is 22.6 Å². The fraction of sp³-hybridized carbons (Fsp3) is 0.167. The van der Waals surface area contributed by atoms with Crippen molar-refractivity contribution in [2.45, 2.75) is 6.61 Å². The lowest BCUT2D eigenvalue weighted by molar-refractivity contribution is 0.281. The summed E-state index contributed by atoms with van der Waals surface area (Å²) in [5.41, 5.74) is 1.02. The zero-order valence-corrected chi connectivity index (χ0v) is 13.5. The number of aromatic nitrogens is 1. The molecule has 2 aromatic carbocycles. The highest BCUT2D eigenvalue weighted by molar-refractivity contribution is 5.74. The average molecular weight is 347 g/mol. The minimum Gasteiger partial charge on any atom is -0.493 e. The molecule has 1 heterocycles. The maximum Gasteiger partial charge on any atom is 0.176 e. The number of rotatable bonds is 5. The lowest BCUT2D eigenvalue weighted by Crippen LogP contribution is -1.94. The van der Waals surface area contributed by atoms with Crippen LogP contribution in [0, 0.1) is 11.6 Å². The van der Waals surface area contributed by atoms with Crippen molar-refractivity contribution < 1.29 is 27.9 Å². The third-order valence-corrected chi connectivity index (χ3v) is 3.80. The number of halogens is 2. The van der Waals surface area contributed by atoms with E-state index >= 15 is 0 Å². The summed E-state index contributed by atoms with van der Waals surface area (Å²) in [5.74, 6) is -1.11. The normalized spacial score (nSPS) is 10.8. The van der Waals surface area contributed by atoms with Crippen molar-refractivity contribution in [1.29, 1.82) is 0 Å². The Hall–Kier alpha value is -2.93. The molecule has 0 spiro atoms. The van der Waals surface area contributed by atoms with Gasteiger partial charge in [-0.1, -0.05) is 11.2 Å². The average Bonchev–Trinajstić information content (AvgIpc) is 3.07. The number of hydrogen-bond acceptors (Lipinski definition) is 5. The number of ether oxygens (including phenoxy) is 2. The molecule has 3 aromatic rings. The van der Waals surface area contributed by atoms with Crippen molar-refractivity contribution in [2.75, 3.05) is 14.2 Å². The first-order valence-corrected chi connectivity index (χ1v) is 7.36. The standard InChI is InChI=1S/C18H15F2NO4/c1-23-14-7-6-10(8-15(14)24-2)17-12(9-22)18(25-21-17)11-4-3-5-13(19)16(11)20/h3-8,22H,9H2,1-2H3. The summed E-state index contributed by atoms with van der Waals surface area (Å²) in [6, 6.07) is 8.74. The molecule has 0 atom stereocenters. The quantitative estimate of drug-likeness (QED) is 0.761. The highest BCUT2D eigenvalue weighted by atomic mass is 19.2. The fourth-order valence-electron chi connectivity index (χ4n) is 2.56. The van der Waals surface area contributed by atoms with Gasteiger partial charge < -0.3 is 19.1 Å². The van der Waals surface area contributed by atoms with Gasteiger partial charge in [-0.15, -0.1) is 0 Å². The van der Waals surface area contributed by atoms with Crippen LogP contribution in [0.5, 0.6) is 11.5 Å². The van der Waals surface area contributed by atoms with Crippen molar-refractivity contribution in [2.24, 2.45) is 0 Å². The van der Waals surface area contributed by atoms with Crippen molar-refractivity contribution in [1.82, 2.24) is 5.16 Å². The molecular weight excluding hydrogens is 332 g/mol. The van der Waals surface area contributed by atoms with E-state index in [-0.39, 0.29) is 16.9 Å². The summed E-state index contributed by atoms with van der Waals surface area (Å²) in [7, 11) is 3.00. The molecule has 0 unspecified atom stereocenters. The van der Waals surface area contributed by atoms with Gasteiger partial charge in [0, 0.05) is 5.56 Å². The largest absolute Gasteiger partial charge is 0.493 e. The summed E-state index contributed by atoms with van der Waals surface area (Å²) in [5, 5.41) is 13.6. The zero-order chi connectivity index (χ0) is 18.0. The van der Waals surface area contributed by atoms with Crippen LogP contribution in [-0.4, -0.2) is 24.5 Å². The van der Waals surface area contributed by atoms with Crippen LogP contribution in [0.1, 0.15) is 5.56 Å². The SMILES string of the molecule is COc1ccc(-c2noc(-c3cccc(F)c3F)c2CO)cc1OC. The molecule has 3 rings (SSSR count). The lowest BCUT2D eigenvalue weighted by Gasteiger charge is -2.09. The molecule has 0 amide bonds. The molecule has 0 fully saturated rings. The molecule has 0 saturated carbocycles. The Balaban J connectivity index is 2.14. The topological polar surface area (TPSA) is 64.7 Å². The maximum absolute atomic E-state index is 14.1. The molecule has 0 radical (unpaired) electrons. The van der Waals surface area contributed by atoms with E-state index in [1.54, 1.807) is 18.2 Å². The van der Waals surface area contributed by atoms with Gasteiger partial charge in [-0.25, -0.2) is 8.78 Å². The summed E-state index contributed by atoms with van der Waals surface area (Å²) in [6.07, 6.45) is 0. The molecule has 7 heteroatoms. The Kier molecular flexibility index (Phi) is 4.67. The van der Waals surface area contributed by atoms with Crippen molar-refractivity contribution >= 4 is 0 Å². The highest BCUT2D eigenvalue weighted by Crippen LogP contribution is 2.37. The Morgan fingerprint density at radius 2 is 1.84 bits per heavy atom. The predicted molar refractivity (Wildman–Crippen MR) is 86.3 cm³/mol. The first-order chi connectivity index (χ1) is 12.1. The van der Waals surface area contributed by atoms with Crippen LogP contribution >= 0.6 is 0 Å². The van der Waals surface area contributed by atoms with E-state index in [1.807, 2.05) is 0 Å². The number of methoxy groups -OCH3 is 2. The van der Waals surface area contributed by atoms with Crippen LogP contribution in [-0.2, 0) is 6.61 Å². The highest BCUT2D eigenvalue weighted by Gasteiger charge is 2.22. The van der Waals surface area contributed by atoms with E-state index in [4.69, 9.17) is 14.0 Å². The lowest BCUT2D eigenvalue weighted by atomic mass is 10.0. The summed E-state index contributed by atoms with van der Waals surface area (Å²) in [4.78, 5) is 0. The van der Waals surface area contributed by atoms with Crippen LogP contribution in [0.4, 0.5) is 8.78 Å². The molecule has 0 aliphatic carbocycles. The molecule has 0 bridgehead atoms. The summed E-state index contributed by atoms with van der Waals surface area (Å²) < 4.78 is 43.2. The monoisotopic (exact) mass is 347 g/mol. The first-order valence-electron chi connectivity index (χ1n) is 7.36. The summed E-state index contributed by atoms with van der Waals surface area (Å²) >= 11 is 0. The third-order valence-electron chi connectivity index (χ3n) is 3.80. The minimum atomic E-state index is -1.06. The second-order valence-electron chi connectivity index (χ2n) is 5.17. The van der Waals surface area contributed by atoms with Gasteiger partial charge in [-0.05, 0) is 30.3 Å². The van der Waals surface area contributed by atoms with Crippen molar-refractivity contribution in [3.8, 4) is 34.1 Å².